The lowest BCUT2D eigenvalue weighted by atomic mass is 9.90. The molecule has 9 heteroatoms. The van der Waals surface area contributed by atoms with Gasteiger partial charge < -0.3 is 9.99 Å². The smallest absolute Gasteiger partial charge is 0.226 e. The highest BCUT2D eigenvalue weighted by atomic mass is 35.5. The van der Waals surface area contributed by atoms with Crippen molar-refractivity contribution < 1.29 is 8.78 Å². The van der Waals surface area contributed by atoms with Gasteiger partial charge >= 0.3 is 0 Å². The van der Waals surface area contributed by atoms with Crippen molar-refractivity contribution in [2.45, 2.75) is 51.0 Å². The number of hydrogen-bond donors (Lipinski definition) is 1. The molecule has 5 rings (SSSR count). The summed E-state index contributed by atoms with van der Waals surface area (Å²) in [4.78, 5) is 13.4. The summed E-state index contributed by atoms with van der Waals surface area (Å²) in [6.45, 7) is 1.64. The number of halogens is 3. The van der Waals surface area contributed by atoms with Crippen LogP contribution >= 0.6 is 11.6 Å². The predicted molar refractivity (Wildman–Crippen MR) is 116 cm³/mol. The van der Waals surface area contributed by atoms with Crippen LogP contribution in [0.3, 0.4) is 0 Å². The van der Waals surface area contributed by atoms with Gasteiger partial charge in [-0.3, -0.25) is 0 Å². The van der Waals surface area contributed by atoms with Gasteiger partial charge in [0.1, 0.15) is 0 Å². The summed E-state index contributed by atoms with van der Waals surface area (Å²) in [6.07, 6.45) is 9.24. The highest BCUT2D eigenvalue weighted by molar-refractivity contribution is 6.28. The summed E-state index contributed by atoms with van der Waals surface area (Å²) in [5.74, 6) is -0.518. The standard InChI is InChI=1S/C22H25ClF2N6/c23-22-27-20(19-21(28-22)31(13-26-19)16-3-1-2-4-16)29-30-9-7-14(8-10-30)11-15-5-6-17(24)18(25)12-15/h5-6,12-14,16H,1-4,7-11H2,(H,27,28,29). The Morgan fingerprint density at radius 3 is 2.55 bits per heavy atom. The van der Waals surface area contributed by atoms with Crippen molar-refractivity contribution in [1.29, 1.82) is 0 Å². The van der Waals surface area contributed by atoms with Crippen molar-refractivity contribution >= 4 is 28.6 Å². The first-order valence-electron chi connectivity index (χ1n) is 10.9. The van der Waals surface area contributed by atoms with E-state index in [1.54, 1.807) is 6.07 Å². The number of anilines is 1. The third-order valence-corrected chi connectivity index (χ3v) is 6.67. The number of nitrogens with one attached hydrogen (secondary N) is 1. The van der Waals surface area contributed by atoms with Gasteiger partial charge in [0.25, 0.3) is 0 Å². The van der Waals surface area contributed by atoms with Crippen LogP contribution in [0, 0.1) is 17.6 Å². The summed E-state index contributed by atoms with van der Waals surface area (Å²) >= 11 is 6.24. The van der Waals surface area contributed by atoms with Gasteiger partial charge in [-0.25, -0.2) is 18.8 Å². The summed E-state index contributed by atoms with van der Waals surface area (Å²) in [5, 5.41) is 2.33. The van der Waals surface area contributed by atoms with E-state index in [2.05, 4.69) is 30.0 Å². The number of fused-ring (bicyclic) bond motifs is 1. The molecule has 1 aromatic carbocycles. The zero-order valence-corrected chi connectivity index (χ0v) is 18.0. The molecule has 164 valence electrons. The largest absolute Gasteiger partial charge is 0.312 e. The Balaban J connectivity index is 1.25. The zero-order valence-electron chi connectivity index (χ0n) is 17.2. The summed E-state index contributed by atoms with van der Waals surface area (Å²) < 4.78 is 28.8. The van der Waals surface area contributed by atoms with Crippen LogP contribution in [-0.4, -0.2) is 37.6 Å². The topological polar surface area (TPSA) is 58.9 Å². The Labute approximate surface area is 184 Å². The van der Waals surface area contributed by atoms with Crippen LogP contribution in [0.15, 0.2) is 24.5 Å². The van der Waals surface area contributed by atoms with Gasteiger partial charge in [-0.2, -0.15) is 9.97 Å². The number of nitrogens with zero attached hydrogens (tertiary/aromatic N) is 5. The van der Waals surface area contributed by atoms with Gasteiger partial charge in [0.15, 0.2) is 28.6 Å². The first kappa shape index (κ1) is 20.6. The van der Waals surface area contributed by atoms with Gasteiger partial charge in [-0.1, -0.05) is 18.9 Å². The van der Waals surface area contributed by atoms with E-state index in [1.807, 2.05) is 6.33 Å². The highest BCUT2D eigenvalue weighted by Crippen LogP contribution is 2.33. The quantitative estimate of drug-likeness (QED) is 0.549. The maximum absolute atomic E-state index is 13.5. The van der Waals surface area contributed by atoms with E-state index in [-0.39, 0.29) is 5.28 Å². The van der Waals surface area contributed by atoms with E-state index in [0.29, 0.717) is 17.8 Å². The van der Waals surface area contributed by atoms with Crippen molar-refractivity contribution in [2.75, 3.05) is 18.5 Å². The van der Waals surface area contributed by atoms with Crippen LogP contribution in [0.25, 0.3) is 11.2 Å². The Morgan fingerprint density at radius 1 is 1.03 bits per heavy atom. The number of rotatable bonds is 5. The van der Waals surface area contributed by atoms with Gasteiger partial charge in [0.05, 0.1) is 6.33 Å². The number of hydrazine groups is 1. The Kier molecular flexibility index (Phi) is 5.75. The predicted octanol–water partition coefficient (Wildman–Crippen LogP) is 5.15. The van der Waals surface area contributed by atoms with Crippen LogP contribution in [0.1, 0.15) is 50.1 Å². The van der Waals surface area contributed by atoms with E-state index < -0.39 is 11.6 Å². The van der Waals surface area contributed by atoms with Crippen molar-refractivity contribution in [2.24, 2.45) is 5.92 Å². The summed E-state index contributed by atoms with van der Waals surface area (Å²) in [6, 6.07) is 4.61. The maximum Gasteiger partial charge on any atom is 0.226 e. The molecule has 1 N–H and O–H groups in total. The molecule has 0 spiro atoms. The molecule has 1 aliphatic heterocycles. The molecule has 0 radical (unpaired) electrons. The maximum atomic E-state index is 13.5. The molecule has 0 unspecified atom stereocenters. The Bertz CT molecular complexity index is 1070. The van der Waals surface area contributed by atoms with Crippen molar-refractivity contribution in [3.8, 4) is 0 Å². The lowest BCUT2D eigenvalue weighted by Crippen LogP contribution is -2.38. The van der Waals surface area contributed by atoms with Gasteiger partial charge in [0, 0.05) is 19.1 Å². The molecule has 0 bridgehead atoms. The molecule has 3 aromatic rings. The van der Waals surface area contributed by atoms with E-state index >= 15 is 0 Å². The molecule has 0 atom stereocenters. The van der Waals surface area contributed by atoms with E-state index in [0.717, 1.165) is 61.9 Å². The first-order chi connectivity index (χ1) is 15.1. The van der Waals surface area contributed by atoms with Crippen LogP contribution < -0.4 is 5.43 Å². The summed E-state index contributed by atoms with van der Waals surface area (Å²) in [5.41, 5.74) is 5.74. The second-order valence-corrected chi connectivity index (χ2v) is 8.94. The SMILES string of the molecule is Fc1ccc(CC2CCN(Nc3nc(Cl)nc4c3ncn4C3CCCC3)CC2)cc1F. The third-order valence-electron chi connectivity index (χ3n) is 6.50. The van der Waals surface area contributed by atoms with Crippen LogP contribution in [0.4, 0.5) is 14.6 Å². The molecule has 31 heavy (non-hydrogen) atoms. The normalized spacial score (nSPS) is 18.8. The average molecular weight is 447 g/mol. The molecular weight excluding hydrogens is 422 g/mol. The van der Waals surface area contributed by atoms with E-state index in [1.165, 1.54) is 25.0 Å². The molecular formula is C22H25ClF2N6. The number of hydrogen-bond acceptors (Lipinski definition) is 5. The fourth-order valence-corrected chi connectivity index (χ4v) is 4.98. The Hall–Kier alpha value is -2.32. The molecule has 2 fully saturated rings. The molecule has 3 heterocycles. The first-order valence-corrected chi connectivity index (χ1v) is 11.3. The number of piperidine rings is 1. The minimum atomic E-state index is -0.798. The highest BCUT2D eigenvalue weighted by Gasteiger charge is 2.24. The van der Waals surface area contributed by atoms with Gasteiger partial charge in [0.2, 0.25) is 5.28 Å². The Morgan fingerprint density at radius 2 is 1.81 bits per heavy atom. The monoisotopic (exact) mass is 446 g/mol. The average Bonchev–Trinajstić information content (AvgIpc) is 3.42. The number of aromatic nitrogens is 4. The van der Waals surface area contributed by atoms with Crippen LogP contribution in [0.2, 0.25) is 5.28 Å². The minimum Gasteiger partial charge on any atom is -0.312 e. The fraction of sp³-hybridized carbons (Fsp3) is 0.500. The van der Waals surface area contributed by atoms with Gasteiger partial charge in [-0.15, -0.1) is 0 Å². The summed E-state index contributed by atoms with van der Waals surface area (Å²) in [7, 11) is 0. The fourth-order valence-electron chi connectivity index (χ4n) is 4.82. The second kappa shape index (κ2) is 8.67. The molecule has 1 aliphatic carbocycles. The van der Waals surface area contributed by atoms with Crippen molar-refractivity contribution in [3.63, 3.8) is 0 Å². The third kappa shape index (κ3) is 4.36. The molecule has 0 amide bonds. The second-order valence-electron chi connectivity index (χ2n) is 8.60. The van der Waals surface area contributed by atoms with Crippen LogP contribution in [0.5, 0.6) is 0 Å². The van der Waals surface area contributed by atoms with Crippen LogP contribution in [-0.2, 0) is 6.42 Å². The lowest BCUT2D eigenvalue weighted by Gasteiger charge is -2.32. The zero-order chi connectivity index (χ0) is 21.4. The lowest BCUT2D eigenvalue weighted by molar-refractivity contribution is 0.216. The van der Waals surface area contributed by atoms with Gasteiger partial charge in [-0.05, 0) is 67.3 Å². The molecule has 1 saturated heterocycles. The number of benzene rings is 1. The minimum absolute atomic E-state index is 0.211. The van der Waals surface area contributed by atoms with E-state index in [9.17, 15) is 8.78 Å². The molecule has 2 aromatic heterocycles. The molecule has 1 saturated carbocycles. The van der Waals surface area contributed by atoms with E-state index in [4.69, 9.17) is 11.6 Å². The number of imidazole rings is 1. The van der Waals surface area contributed by atoms with Crippen molar-refractivity contribution in [3.05, 3.63) is 47.0 Å². The molecule has 2 aliphatic rings. The molecule has 6 nitrogen and oxygen atoms in total. The van der Waals surface area contributed by atoms with Crippen molar-refractivity contribution in [1.82, 2.24) is 24.5 Å².